The van der Waals surface area contributed by atoms with Gasteiger partial charge in [0.15, 0.2) is 0 Å². The van der Waals surface area contributed by atoms with Crippen molar-refractivity contribution < 1.29 is 43.9 Å². The Morgan fingerprint density at radius 2 is 0.732 bits per heavy atom. The number of aromatic hydroxyl groups is 3. The highest BCUT2D eigenvalue weighted by Gasteiger charge is 2.34. The number of thioether (sulfide) groups is 1. The van der Waals surface area contributed by atoms with Crippen LogP contribution >= 0.6 is 11.8 Å². The molecule has 1 aliphatic rings. The molecule has 3 unspecified atom stereocenters. The van der Waals surface area contributed by atoms with Gasteiger partial charge in [-0.25, -0.2) is 0 Å². The molecule has 0 amide bonds. The molecule has 396 valence electrons. The highest BCUT2D eigenvalue weighted by atomic mass is 32.2. The summed E-state index contributed by atoms with van der Waals surface area (Å²) in [6.45, 7) is 38.2. The van der Waals surface area contributed by atoms with Crippen molar-refractivity contribution in [2.24, 2.45) is 11.8 Å². The molecule has 0 spiro atoms. The number of benzene rings is 3. The van der Waals surface area contributed by atoms with Gasteiger partial charge in [-0.1, -0.05) is 161 Å². The topological polar surface area (TPSA) is 140 Å². The Balaban J connectivity index is 1.40. The van der Waals surface area contributed by atoms with Crippen molar-refractivity contribution in [2.75, 3.05) is 25.6 Å². The second-order valence-corrected chi connectivity index (χ2v) is 27.9. The second kappa shape index (κ2) is 23.4. The highest BCUT2D eigenvalue weighted by Crippen LogP contribution is 2.43. The van der Waals surface area contributed by atoms with Crippen LogP contribution in [0.5, 0.6) is 17.2 Å². The number of carbonyl (C=O) groups is 3. The van der Waals surface area contributed by atoms with Crippen LogP contribution < -0.4 is 0 Å². The fraction of sp³-hybridized carbons (Fsp3) is 0.656. The lowest BCUT2D eigenvalue weighted by Gasteiger charge is -2.35. The van der Waals surface area contributed by atoms with Crippen LogP contribution in [0.4, 0.5) is 0 Å². The molecule has 3 atom stereocenters. The first-order valence-electron chi connectivity index (χ1n) is 26.2. The summed E-state index contributed by atoms with van der Waals surface area (Å²) in [6, 6.07) is 12.1. The summed E-state index contributed by atoms with van der Waals surface area (Å²) in [7, 11) is 0. The maximum atomic E-state index is 13.5. The van der Waals surface area contributed by atoms with E-state index in [9.17, 15) is 29.7 Å². The molecule has 0 radical (unpaired) electrons. The van der Waals surface area contributed by atoms with Gasteiger partial charge in [-0.05, 0) is 127 Å². The van der Waals surface area contributed by atoms with Crippen molar-refractivity contribution in [3.63, 3.8) is 0 Å². The van der Waals surface area contributed by atoms with E-state index < -0.39 is 0 Å². The number of rotatable bonds is 17. The van der Waals surface area contributed by atoms with Crippen LogP contribution in [0, 0.1) is 11.8 Å². The first-order chi connectivity index (χ1) is 32.5. The van der Waals surface area contributed by atoms with Gasteiger partial charge in [-0.2, -0.15) is 11.8 Å². The van der Waals surface area contributed by atoms with E-state index >= 15 is 0 Å². The summed E-state index contributed by atoms with van der Waals surface area (Å²) >= 11 is 1.77. The number of phenols is 3. The van der Waals surface area contributed by atoms with Crippen molar-refractivity contribution in [3.8, 4) is 17.2 Å². The molecule has 0 aliphatic heterocycles. The average Bonchev–Trinajstić information content (AvgIpc) is 3.23. The molecule has 0 aromatic heterocycles. The van der Waals surface area contributed by atoms with E-state index in [1.54, 1.807) is 11.8 Å². The molecule has 71 heavy (non-hydrogen) atoms. The summed E-state index contributed by atoms with van der Waals surface area (Å²) in [6.07, 6.45) is 4.59. The Bertz CT molecular complexity index is 2210. The zero-order valence-corrected chi connectivity index (χ0v) is 47.9. The molecule has 1 fully saturated rings. The van der Waals surface area contributed by atoms with Gasteiger partial charge in [-0.15, -0.1) is 0 Å². The summed E-state index contributed by atoms with van der Waals surface area (Å²) < 4.78 is 17.8. The molecular weight excluding hydrogens is 909 g/mol. The minimum absolute atomic E-state index is 0.00775. The molecule has 4 rings (SSSR count). The second-order valence-electron chi connectivity index (χ2n) is 26.5. The monoisotopic (exact) mass is 1000 g/mol. The zero-order chi connectivity index (χ0) is 53.7. The van der Waals surface area contributed by atoms with Crippen LogP contribution in [0.3, 0.4) is 0 Å². The predicted octanol–water partition coefficient (Wildman–Crippen LogP) is 13.9. The molecule has 3 aromatic carbocycles. The van der Waals surface area contributed by atoms with Gasteiger partial charge >= 0.3 is 17.9 Å². The van der Waals surface area contributed by atoms with Crippen LogP contribution in [-0.2, 0) is 80.3 Å². The van der Waals surface area contributed by atoms with Crippen molar-refractivity contribution >= 4 is 29.7 Å². The van der Waals surface area contributed by atoms with E-state index in [1.165, 1.54) is 0 Å². The summed E-state index contributed by atoms with van der Waals surface area (Å²) in [5.74, 6) is 0.730. The lowest BCUT2D eigenvalue weighted by atomic mass is 9.78. The SMILES string of the molecule is CC(C)(C)c1cc(CCC(=O)OCCSC2CCC(COC(=O)CCc3cc(C(C)(C)C)c(O)c(C(C)(C)C)c3)C(COC(=O)CCc3cc(C(C)(C)C)c(O)c(C(C)(C)C)c3)C2)cc(C(C)(C)C)c1O. The van der Waals surface area contributed by atoms with Crippen molar-refractivity contribution in [3.05, 3.63) is 86.5 Å². The van der Waals surface area contributed by atoms with Crippen LogP contribution in [-0.4, -0.2) is 64.1 Å². The van der Waals surface area contributed by atoms with Crippen molar-refractivity contribution in [1.29, 1.82) is 0 Å². The number of phenolic OH excluding ortho intramolecular Hbond substituents is 3. The standard InChI is InChI=1S/C61H92O9S/c1-56(2,3)44-29-38(30-45(53(44)65)57(4,5)6)19-24-50(62)68-27-28-71-43-23-22-41(36-69-51(63)25-20-39-31-46(58(7,8)9)54(66)47(32-39)59(10,11)12)42(35-43)37-70-52(64)26-21-40-33-48(60(13,14)15)55(67)49(34-40)61(16,17)18/h29-34,41-43,65-67H,19-28,35-37H2,1-18H3. The number of ether oxygens (including phenoxy) is 3. The molecule has 3 aromatic rings. The summed E-state index contributed by atoms with van der Waals surface area (Å²) in [4.78, 5) is 39.9. The van der Waals surface area contributed by atoms with Crippen molar-refractivity contribution in [2.45, 2.75) is 220 Å². The van der Waals surface area contributed by atoms with Gasteiger partial charge in [-0.3, -0.25) is 14.4 Å². The van der Waals surface area contributed by atoms with Gasteiger partial charge < -0.3 is 29.5 Å². The number of aryl methyl sites for hydroxylation is 3. The first-order valence-corrected chi connectivity index (χ1v) is 27.2. The van der Waals surface area contributed by atoms with Crippen LogP contribution in [0.15, 0.2) is 36.4 Å². The molecule has 0 saturated heterocycles. The van der Waals surface area contributed by atoms with E-state index in [0.29, 0.717) is 42.3 Å². The lowest BCUT2D eigenvalue weighted by molar-refractivity contribution is -0.150. The Morgan fingerprint density at radius 3 is 1.03 bits per heavy atom. The van der Waals surface area contributed by atoms with E-state index in [1.807, 2.05) is 36.4 Å². The minimum atomic E-state index is -0.292. The number of carbonyl (C=O) groups excluding carboxylic acids is 3. The molecule has 10 heteroatoms. The zero-order valence-electron chi connectivity index (χ0n) is 47.1. The third-order valence-electron chi connectivity index (χ3n) is 13.9. The normalized spacial score (nSPS) is 17.2. The maximum Gasteiger partial charge on any atom is 0.306 e. The minimum Gasteiger partial charge on any atom is -0.507 e. The van der Waals surface area contributed by atoms with Crippen LogP contribution in [0.2, 0.25) is 0 Å². The highest BCUT2D eigenvalue weighted by molar-refractivity contribution is 7.99. The average molecular weight is 1000 g/mol. The Kier molecular flexibility index (Phi) is 19.5. The fourth-order valence-corrected chi connectivity index (χ4v) is 10.7. The van der Waals surface area contributed by atoms with Gasteiger partial charge in [0.1, 0.15) is 23.9 Å². The largest absolute Gasteiger partial charge is 0.507 e. The molecule has 1 aliphatic carbocycles. The first kappa shape index (κ1) is 59.4. The molecule has 9 nitrogen and oxygen atoms in total. The lowest BCUT2D eigenvalue weighted by Crippen LogP contribution is -2.34. The third-order valence-corrected chi connectivity index (χ3v) is 15.2. The molecular formula is C61H92O9S. The molecule has 1 saturated carbocycles. The Labute approximate surface area is 433 Å². The number of hydrogen-bond donors (Lipinski definition) is 3. The Morgan fingerprint density at radius 1 is 0.451 bits per heavy atom. The van der Waals surface area contributed by atoms with E-state index in [-0.39, 0.29) is 107 Å². The predicted molar refractivity (Wildman–Crippen MR) is 291 cm³/mol. The molecule has 0 bridgehead atoms. The van der Waals surface area contributed by atoms with Crippen LogP contribution in [0.25, 0.3) is 0 Å². The molecule has 0 heterocycles. The number of esters is 3. The fourth-order valence-electron chi connectivity index (χ4n) is 9.53. The van der Waals surface area contributed by atoms with E-state index in [0.717, 1.165) is 69.3 Å². The van der Waals surface area contributed by atoms with Crippen LogP contribution in [0.1, 0.15) is 213 Å². The summed E-state index contributed by atoms with van der Waals surface area (Å²) in [5.41, 5.74) is 6.53. The van der Waals surface area contributed by atoms with E-state index in [2.05, 4.69) is 125 Å². The van der Waals surface area contributed by atoms with Gasteiger partial charge in [0.05, 0.1) is 13.2 Å². The van der Waals surface area contributed by atoms with E-state index in [4.69, 9.17) is 14.2 Å². The smallest absolute Gasteiger partial charge is 0.306 e. The van der Waals surface area contributed by atoms with Gasteiger partial charge in [0.2, 0.25) is 0 Å². The van der Waals surface area contributed by atoms with Crippen molar-refractivity contribution in [1.82, 2.24) is 0 Å². The molecule has 3 N–H and O–H groups in total. The van der Waals surface area contributed by atoms with Gasteiger partial charge in [0, 0.05) is 36.2 Å². The third kappa shape index (κ3) is 17.2. The number of hydrogen-bond acceptors (Lipinski definition) is 10. The summed E-state index contributed by atoms with van der Waals surface area (Å²) in [5, 5.41) is 33.8. The Hall–Kier alpha value is -4.18. The maximum absolute atomic E-state index is 13.5. The quantitative estimate of drug-likeness (QED) is 0.0680. The van der Waals surface area contributed by atoms with Gasteiger partial charge in [0.25, 0.3) is 0 Å².